The van der Waals surface area contributed by atoms with Crippen LogP contribution in [-0.4, -0.2) is 14.1 Å². The minimum Gasteiger partial charge on any atom is -0.307 e. The maximum absolute atomic E-state index is 14.9. The van der Waals surface area contributed by atoms with Crippen molar-refractivity contribution in [3.05, 3.63) is 234 Å². The zero-order valence-electron chi connectivity index (χ0n) is 40.5. The van der Waals surface area contributed by atoms with Crippen molar-refractivity contribution in [2.45, 2.75) is 12.4 Å². The van der Waals surface area contributed by atoms with Gasteiger partial charge in [0.2, 0.25) is 0 Å². The molecule has 0 radical (unpaired) electrons. The molecule has 0 spiro atoms. The summed E-state index contributed by atoms with van der Waals surface area (Å²) in [4.78, 5) is 5.07. The molecule has 370 valence electrons. The Bertz CT molecular complexity index is 4340. The third kappa shape index (κ3) is 8.48. The summed E-state index contributed by atoms with van der Waals surface area (Å²) in [6, 6.07) is 62.9. The number of hydrogen-bond donors (Lipinski definition) is 0. The van der Waals surface area contributed by atoms with E-state index in [4.69, 9.17) is 4.98 Å². The predicted molar refractivity (Wildman–Crippen MR) is 289 cm³/mol. The van der Waals surface area contributed by atoms with Crippen molar-refractivity contribution in [3.8, 4) is 91.4 Å². The lowest BCUT2D eigenvalue weighted by Crippen LogP contribution is -2.11. The normalized spacial score (nSPS) is 11.7. The third-order valence-electron chi connectivity index (χ3n) is 14.2. The van der Waals surface area contributed by atoms with Crippen LogP contribution in [0.15, 0.2) is 200 Å². The van der Waals surface area contributed by atoms with Crippen LogP contribution in [0.5, 0.6) is 0 Å². The van der Waals surface area contributed by atoms with E-state index in [1.165, 1.54) is 12.3 Å². The first kappa shape index (κ1) is 48.2. The van der Waals surface area contributed by atoms with Crippen LogP contribution in [0.4, 0.5) is 26.3 Å². The van der Waals surface area contributed by atoms with E-state index in [0.29, 0.717) is 55.1 Å². The number of fused-ring (bicyclic) bond motifs is 6. The van der Waals surface area contributed by atoms with Crippen molar-refractivity contribution >= 4 is 43.6 Å². The van der Waals surface area contributed by atoms with Crippen LogP contribution < -0.4 is 0 Å². The summed E-state index contributed by atoms with van der Waals surface area (Å²) in [6.07, 6.45) is -8.84. The summed E-state index contributed by atoms with van der Waals surface area (Å²) in [5.74, 6) is 0.198. The third-order valence-corrected chi connectivity index (χ3v) is 14.2. The molecule has 3 aromatic heterocycles. The van der Waals surface area contributed by atoms with E-state index in [1.807, 2.05) is 126 Å². The van der Waals surface area contributed by atoms with Crippen molar-refractivity contribution in [1.82, 2.24) is 14.1 Å². The molecule has 0 saturated heterocycles. The summed E-state index contributed by atoms with van der Waals surface area (Å²) in [5, 5.41) is 41.0. The van der Waals surface area contributed by atoms with E-state index >= 15 is 0 Å². The average molecular weight is 1030 g/mol. The number of nitriles is 4. The van der Waals surface area contributed by atoms with Crippen LogP contribution >= 0.6 is 0 Å². The van der Waals surface area contributed by atoms with Gasteiger partial charge in [-0.15, -0.1) is 0 Å². The second kappa shape index (κ2) is 18.6. The van der Waals surface area contributed by atoms with E-state index in [2.05, 4.69) is 24.3 Å². The predicted octanol–water partition coefficient (Wildman–Crippen LogP) is 17.1. The Morgan fingerprint density at radius 3 is 0.910 bits per heavy atom. The minimum atomic E-state index is -5.16. The fourth-order valence-corrected chi connectivity index (χ4v) is 10.3. The molecule has 0 amide bonds. The molecular formula is C65H33F6N7. The summed E-state index contributed by atoms with van der Waals surface area (Å²) in [6.45, 7) is 0. The molecule has 0 aliphatic heterocycles. The van der Waals surface area contributed by atoms with E-state index in [0.717, 1.165) is 67.4 Å². The Kier molecular flexibility index (Phi) is 11.5. The first-order valence-corrected chi connectivity index (χ1v) is 24.2. The molecule has 9 aromatic carbocycles. The van der Waals surface area contributed by atoms with Gasteiger partial charge in [0, 0.05) is 27.1 Å². The number of nitrogens with zero attached hydrogens (tertiary/aromatic N) is 7. The second-order valence-corrected chi connectivity index (χ2v) is 18.7. The van der Waals surface area contributed by atoms with Crippen molar-refractivity contribution in [3.63, 3.8) is 0 Å². The van der Waals surface area contributed by atoms with Crippen LogP contribution in [0.3, 0.4) is 0 Å². The maximum Gasteiger partial charge on any atom is 0.416 e. The van der Waals surface area contributed by atoms with Gasteiger partial charge in [-0.3, -0.25) is 4.57 Å². The summed E-state index contributed by atoms with van der Waals surface area (Å²) in [5.41, 5.74) is 7.65. The zero-order valence-corrected chi connectivity index (χ0v) is 40.5. The van der Waals surface area contributed by atoms with Gasteiger partial charge in [0.1, 0.15) is 5.82 Å². The molecule has 0 unspecified atom stereocenters. The minimum absolute atomic E-state index is 0.0149. The highest BCUT2D eigenvalue weighted by atomic mass is 19.4. The van der Waals surface area contributed by atoms with Crippen molar-refractivity contribution in [2.75, 3.05) is 0 Å². The SMILES string of the molecule is N#Cc1ccc(-c2ccc3c(c2)c2cc(-c4ccc(C#N)cc4)ccc2n3-c2cc(-c3cc(C(F)(F)F)cc(C(F)(F)F)c3)c(-n3c4ccc(-c5ccc(C#N)cc5)cc4c4cc(-c5ccc(C#N)cc5)ccc43)cn2)cc1. The molecule has 0 aliphatic carbocycles. The number of aromatic nitrogens is 3. The quantitative estimate of drug-likeness (QED) is 0.147. The number of pyridine rings is 1. The maximum atomic E-state index is 14.9. The van der Waals surface area contributed by atoms with E-state index in [-0.39, 0.29) is 28.7 Å². The van der Waals surface area contributed by atoms with E-state index < -0.39 is 23.5 Å². The van der Waals surface area contributed by atoms with E-state index in [9.17, 15) is 47.4 Å². The molecule has 0 saturated carbocycles. The molecule has 0 atom stereocenters. The van der Waals surface area contributed by atoms with Crippen LogP contribution in [0, 0.1) is 45.3 Å². The molecular weight excluding hydrogens is 993 g/mol. The average Bonchev–Trinajstić information content (AvgIpc) is 4.02. The highest BCUT2D eigenvalue weighted by molar-refractivity contribution is 6.13. The highest BCUT2D eigenvalue weighted by Gasteiger charge is 2.37. The molecule has 7 nitrogen and oxygen atoms in total. The van der Waals surface area contributed by atoms with Gasteiger partial charge in [0.25, 0.3) is 0 Å². The van der Waals surface area contributed by atoms with Crippen molar-refractivity contribution < 1.29 is 26.3 Å². The standard InChI is InChI=1S/C65H33F6N7/c66-64(67,68)51-25-50(26-52(31-51)65(69,70)71)53-32-63(78-60-23-19-48(44-13-5-40(35-74)6-14-44)29-56(60)57-30-49(20-24-61(57)78)45-15-7-41(36-75)8-16-45)76-37-62(53)77-58-21-17-46(42-9-1-38(33-72)2-10-42)27-54(58)55-28-47(18-22-59(55)77)43-11-3-39(34-73)4-12-43/h1-32,37H. The molecule has 13 heteroatoms. The van der Waals surface area contributed by atoms with E-state index in [1.54, 1.807) is 53.1 Å². The number of rotatable bonds is 7. The van der Waals surface area contributed by atoms with Gasteiger partial charge >= 0.3 is 12.4 Å². The lowest BCUT2D eigenvalue weighted by atomic mass is 9.98. The second-order valence-electron chi connectivity index (χ2n) is 18.7. The Balaban J connectivity index is 1.14. The Labute approximate surface area is 440 Å². The molecule has 12 rings (SSSR count). The molecule has 0 fully saturated rings. The topological polar surface area (TPSA) is 118 Å². The number of benzene rings is 9. The van der Waals surface area contributed by atoms with Gasteiger partial charge in [0.15, 0.2) is 0 Å². The fraction of sp³-hybridized carbons (Fsp3) is 0.0308. The lowest BCUT2D eigenvalue weighted by molar-refractivity contribution is -0.143. The Hall–Kier alpha value is -10.7. The smallest absolute Gasteiger partial charge is 0.307 e. The fourth-order valence-electron chi connectivity index (χ4n) is 10.3. The van der Waals surface area contributed by atoms with Crippen molar-refractivity contribution in [2.24, 2.45) is 0 Å². The molecule has 0 N–H and O–H groups in total. The van der Waals surface area contributed by atoms with Gasteiger partial charge in [-0.05, 0) is 171 Å². The highest BCUT2D eigenvalue weighted by Crippen LogP contribution is 2.45. The largest absolute Gasteiger partial charge is 0.416 e. The van der Waals surface area contributed by atoms with Gasteiger partial charge in [-0.25, -0.2) is 4.98 Å². The Morgan fingerprint density at radius 2 is 0.615 bits per heavy atom. The van der Waals surface area contributed by atoms with Gasteiger partial charge in [-0.2, -0.15) is 47.4 Å². The monoisotopic (exact) mass is 1030 g/mol. The first-order chi connectivity index (χ1) is 37.7. The molecule has 78 heavy (non-hydrogen) atoms. The van der Waals surface area contributed by atoms with Crippen LogP contribution in [0.25, 0.3) is 111 Å². The number of halogens is 6. The van der Waals surface area contributed by atoms with Gasteiger partial charge in [-0.1, -0.05) is 72.8 Å². The zero-order chi connectivity index (χ0) is 54.0. The first-order valence-electron chi connectivity index (χ1n) is 24.2. The van der Waals surface area contributed by atoms with Gasteiger partial charge in [0.05, 0.1) is 91.6 Å². The Morgan fingerprint density at radius 1 is 0.321 bits per heavy atom. The summed E-state index contributed by atoms with van der Waals surface area (Å²) < 4.78 is 92.9. The van der Waals surface area contributed by atoms with Crippen LogP contribution in [0.2, 0.25) is 0 Å². The summed E-state index contributed by atoms with van der Waals surface area (Å²) in [7, 11) is 0. The molecule has 12 aromatic rings. The molecule has 0 aliphatic rings. The van der Waals surface area contributed by atoms with Crippen molar-refractivity contribution in [1.29, 1.82) is 21.0 Å². The molecule has 0 bridgehead atoms. The number of hydrogen-bond acceptors (Lipinski definition) is 5. The number of alkyl halides is 6. The summed E-state index contributed by atoms with van der Waals surface area (Å²) >= 11 is 0. The van der Waals surface area contributed by atoms with Gasteiger partial charge < -0.3 is 4.57 Å². The molecule has 3 heterocycles. The van der Waals surface area contributed by atoms with Crippen LogP contribution in [-0.2, 0) is 12.4 Å². The lowest BCUT2D eigenvalue weighted by Gasteiger charge is -2.19. The van der Waals surface area contributed by atoms with Crippen LogP contribution in [0.1, 0.15) is 33.4 Å².